The third kappa shape index (κ3) is 3.85. The first-order valence-corrected chi connectivity index (χ1v) is 5.29. The standard InChI is InChI=1S/C13H16O3/c1-9(13(15)16)6-11-4-3-5-12(8-11)7-10(2)14/h3-5,8-9H,6-7H2,1-2H3,(H,15,16). The lowest BCUT2D eigenvalue weighted by Gasteiger charge is -2.07. The van der Waals surface area contributed by atoms with Gasteiger partial charge in [-0.15, -0.1) is 0 Å². The molecule has 1 aromatic carbocycles. The highest BCUT2D eigenvalue weighted by molar-refractivity contribution is 5.78. The number of aliphatic carboxylic acids is 1. The molecule has 0 spiro atoms. The van der Waals surface area contributed by atoms with Gasteiger partial charge >= 0.3 is 5.97 Å². The monoisotopic (exact) mass is 220 g/mol. The van der Waals surface area contributed by atoms with Crippen molar-refractivity contribution in [1.82, 2.24) is 0 Å². The molecule has 0 amide bonds. The largest absolute Gasteiger partial charge is 0.481 e. The van der Waals surface area contributed by atoms with Gasteiger partial charge in [-0.25, -0.2) is 0 Å². The smallest absolute Gasteiger partial charge is 0.306 e. The summed E-state index contributed by atoms with van der Waals surface area (Å²) in [6.45, 7) is 3.23. The Bertz CT molecular complexity index is 396. The van der Waals surface area contributed by atoms with Gasteiger partial charge in [0, 0.05) is 6.42 Å². The van der Waals surface area contributed by atoms with Crippen molar-refractivity contribution in [2.24, 2.45) is 5.92 Å². The molecule has 0 aromatic heterocycles. The number of ketones is 1. The van der Waals surface area contributed by atoms with E-state index in [0.717, 1.165) is 11.1 Å². The number of benzene rings is 1. The van der Waals surface area contributed by atoms with Crippen LogP contribution in [0, 0.1) is 5.92 Å². The van der Waals surface area contributed by atoms with Crippen LogP contribution in [0.3, 0.4) is 0 Å². The molecule has 1 atom stereocenters. The van der Waals surface area contributed by atoms with Crippen LogP contribution in [0.15, 0.2) is 24.3 Å². The van der Waals surface area contributed by atoms with Crippen molar-refractivity contribution in [2.75, 3.05) is 0 Å². The third-order valence-corrected chi connectivity index (χ3v) is 2.41. The summed E-state index contributed by atoms with van der Waals surface area (Å²) >= 11 is 0. The Morgan fingerprint density at radius 3 is 2.50 bits per heavy atom. The van der Waals surface area contributed by atoms with E-state index in [1.54, 1.807) is 13.8 Å². The summed E-state index contributed by atoms with van der Waals surface area (Å²) in [7, 11) is 0. The van der Waals surface area contributed by atoms with Gasteiger partial charge in [0.05, 0.1) is 5.92 Å². The number of carboxylic acid groups (broad SMARTS) is 1. The quantitative estimate of drug-likeness (QED) is 0.826. The van der Waals surface area contributed by atoms with Crippen molar-refractivity contribution < 1.29 is 14.7 Å². The van der Waals surface area contributed by atoms with Crippen LogP contribution in [-0.4, -0.2) is 16.9 Å². The normalized spacial score (nSPS) is 12.1. The Morgan fingerprint density at radius 1 is 1.31 bits per heavy atom. The van der Waals surface area contributed by atoms with Crippen molar-refractivity contribution in [3.05, 3.63) is 35.4 Å². The Kier molecular flexibility index (Phi) is 4.23. The zero-order valence-electron chi connectivity index (χ0n) is 9.56. The molecular weight excluding hydrogens is 204 g/mol. The fourth-order valence-electron chi connectivity index (χ4n) is 1.59. The first-order valence-electron chi connectivity index (χ1n) is 5.29. The molecule has 0 aliphatic rings. The molecule has 0 saturated carbocycles. The number of hydrogen-bond acceptors (Lipinski definition) is 2. The van der Waals surface area contributed by atoms with E-state index in [9.17, 15) is 9.59 Å². The average molecular weight is 220 g/mol. The van der Waals surface area contributed by atoms with Gasteiger partial charge in [-0.05, 0) is 24.5 Å². The molecular formula is C13H16O3. The maximum Gasteiger partial charge on any atom is 0.306 e. The summed E-state index contributed by atoms with van der Waals surface area (Å²) < 4.78 is 0. The maximum atomic E-state index is 11.0. The van der Waals surface area contributed by atoms with Gasteiger partial charge in [-0.2, -0.15) is 0 Å². The van der Waals surface area contributed by atoms with Crippen LogP contribution >= 0.6 is 0 Å². The van der Waals surface area contributed by atoms with Crippen molar-refractivity contribution >= 4 is 11.8 Å². The Labute approximate surface area is 95.1 Å². The topological polar surface area (TPSA) is 54.4 Å². The number of rotatable bonds is 5. The van der Waals surface area contributed by atoms with Gasteiger partial charge < -0.3 is 5.11 Å². The first-order chi connectivity index (χ1) is 7.49. The second-order valence-electron chi connectivity index (χ2n) is 4.14. The summed E-state index contributed by atoms with van der Waals surface area (Å²) in [5.74, 6) is -1.08. The van der Waals surface area contributed by atoms with Crippen LogP contribution in [0.4, 0.5) is 0 Å². The van der Waals surface area contributed by atoms with E-state index in [1.165, 1.54) is 0 Å². The Hall–Kier alpha value is -1.64. The number of carboxylic acids is 1. The fourth-order valence-corrected chi connectivity index (χ4v) is 1.59. The van der Waals surface area contributed by atoms with Gasteiger partial charge in [0.25, 0.3) is 0 Å². The molecule has 1 N–H and O–H groups in total. The number of Topliss-reactive ketones (excluding diaryl/α,β-unsaturated/α-hetero) is 1. The molecule has 0 aliphatic heterocycles. The third-order valence-electron chi connectivity index (χ3n) is 2.41. The number of hydrogen-bond donors (Lipinski definition) is 1. The average Bonchev–Trinajstić information content (AvgIpc) is 2.16. The van der Waals surface area contributed by atoms with Crippen molar-refractivity contribution in [3.8, 4) is 0 Å². The molecule has 3 nitrogen and oxygen atoms in total. The Morgan fingerprint density at radius 2 is 1.94 bits per heavy atom. The van der Waals surface area contributed by atoms with Gasteiger partial charge in [-0.1, -0.05) is 31.2 Å². The minimum absolute atomic E-state index is 0.114. The molecule has 0 fully saturated rings. The van der Waals surface area contributed by atoms with E-state index in [0.29, 0.717) is 12.8 Å². The van der Waals surface area contributed by atoms with E-state index in [1.807, 2.05) is 24.3 Å². The second kappa shape index (κ2) is 5.45. The van der Waals surface area contributed by atoms with Crippen LogP contribution in [-0.2, 0) is 22.4 Å². The molecule has 0 aliphatic carbocycles. The second-order valence-corrected chi connectivity index (χ2v) is 4.14. The summed E-state index contributed by atoms with van der Waals surface area (Å²) in [5.41, 5.74) is 1.91. The highest BCUT2D eigenvalue weighted by Gasteiger charge is 2.11. The van der Waals surface area contributed by atoms with E-state index in [2.05, 4.69) is 0 Å². The van der Waals surface area contributed by atoms with E-state index >= 15 is 0 Å². The number of carbonyl (C=O) groups is 2. The lowest BCUT2D eigenvalue weighted by atomic mass is 9.98. The highest BCUT2D eigenvalue weighted by atomic mass is 16.4. The summed E-state index contributed by atoms with van der Waals surface area (Å²) in [5, 5.41) is 8.80. The van der Waals surface area contributed by atoms with Crippen LogP contribution in [0.25, 0.3) is 0 Å². The number of carbonyl (C=O) groups excluding carboxylic acids is 1. The van der Waals surface area contributed by atoms with Crippen molar-refractivity contribution in [3.63, 3.8) is 0 Å². The van der Waals surface area contributed by atoms with Crippen LogP contribution in [0.5, 0.6) is 0 Å². The van der Waals surface area contributed by atoms with Crippen molar-refractivity contribution in [1.29, 1.82) is 0 Å². The SMILES string of the molecule is CC(=O)Cc1cccc(CC(C)C(=O)O)c1. The molecule has 0 bridgehead atoms. The Balaban J connectivity index is 2.74. The minimum Gasteiger partial charge on any atom is -0.481 e. The van der Waals surface area contributed by atoms with Crippen molar-refractivity contribution in [2.45, 2.75) is 26.7 Å². The molecule has 16 heavy (non-hydrogen) atoms. The van der Waals surface area contributed by atoms with Gasteiger partial charge in [0.1, 0.15) is 5.78 Å². The van der Waals surface area contributed by atoms with Gasteiger partial charge in [-0.3, -0.25) is 9.59 Å². The summed E-state index contributed by atoms with van der Waals surface area (Å²) in [6.07, 6.45) is 0.913. The predicted molar refractivity (Wildman–Crippen MR) is 61.3 cm³/mol. The van der Waals surface area contributed by atoms with Gasteiger partial charge in [0.2, 0.25) is 0 Å². The van der Waals surface area contributed by atoms with E-state index in [-0.39, 0.29) is 5.78 Å². The van der Waals surface area contributed by atoms with Gasteiger partial charge in [0.15, 0.2) is 0 Å². The van der Waals surface area contributed by atoms with E-state index in [4.69, 9.17) is 5.11 Å². The predicted octanol–water partition coefficient (Wildman–Crippen LogP) is 2.08. The first kappa shape index (κ1) is 12.4. The molecule has 0 radical (unpaired) electrons. The molecule has 1 aromatic rings. The lowest BCUT2D eigenvalue weighted by Crippen LogP contribution is -2.12. The molecule has 1 unspecified atom stereocenters. The molecule has 0 saturated heterocycles. The maximum absolute atomic E-state index is 11.0. The highest BCUT2D eigenvalue weighted by Crippen LogP contribution is 2.12. The van der Waals surface area contributed by atoms with Crippen LogP contribution in [0.1, 0.15) is 25.0 Å². The van der Waals surface area contributed by atoms with E-state index < -0.39 is 11.9 Å². The summed E-state index contributed by atoms with van der Waals surface area (Å²) in [4.78, 5) is 21.7. The molecule has 3 heteroatoms. The molecule has 86 valence electrons. The zero-order valence-corrected chi connectivity index (χ0v) is 9.56. The fraction of sp³-hybridized carbons (Fsp3) is 0.385. The molecule has 0 heterocycles. The minimum atomic E-state index is -0.794. The van der Waals surface area contributed by atoms with Crippen LogP contribution < -0.4 is 0 Å². The summed E-state index contributed by atoms with van der Waals surface area (Å²) in [6, 6.07) is 7.54. The van der Waals surface area contributed by atoms with Crippen LogP contribution in [0.2, 0.25) is 0 Å². The zero-order chi connectivity index (χ0) is 12.1. The lowest BCUT2D eigenvalue weighted by molar-refractivity contribution is -0.141. The molecule has 1 rings (SSSR count).